The second-order valence-corrected chi connectivity index (χ2v) is 4.00. The molecule has 1 aromatic rings. The highest BCUT2D eigenvalue weighted by molar-refractivity contribution is 14.0. The summed E-state index contributed by atoms with van der Waals surface area (Å²) in [6.45, 7) is 4.83. The molecule has 0 heterocycles. The summed E-state index contributed by atoms with van der Waals surface area (Å²) in [7, 11) is 1.73. The van der Waals surface area contributed by atoms with E-state index < -0.39 is 0 Å². The van der Waals surface area contributed by atoms with Crippen LogP contribution in [0.5, 0.6) is 0 Å². The SMILES string of the molecule is CCOCCNC(=NC)NCCc1ccc(F)cc1.I. The first kappa shape index (κ1) is 19.1. The van der Waals surface area contributed by atoms with E-state index in [-0.39, 0.29) is 29.8 Å². The Bertz CT molecular complexity index is 385. The summed E-state index contributed by atoms with van der Waals surface area (Å²) in [5, 5.41) is 6.35. The predicted octanol–water partition coefficient (Wildman–Crippen LogP) is 2.19. The Labute approximate surface area is 137 Å². The highest BCUT2D eigenvalue weighted by atomic mass is 127. The molecule has 1 rings (SSSR count). The number of hydrogen-bond acceptors (Lipinski definition) is 2. The Morgan fingerprint density at radius 1 is 1.20 bits per heavy atom. The third kappa shape index (κ3) is 8.31. The molecule has 2 N–H and O–H groups in total. The zero-order chi connectivity index (χ0) is 13.9. The van der Waals surface area contributed by atoms with Crippen LogP contribution in [0.1, 0.15) is 12.5 Å². The van der Waals surface area contributed by atoms with Crippen LogP contribution in [0.2, 0.25) is 0 Å². The maximum Gasteiger partial charge on any atom is 0.191 e. The molecule has 0 bridgehead atoms. The molecule has 0 unspecified atom stereocenters. The minimum atomic E-state index is -0.204. The molecule has 0 amide bonds. The second kappa shape index (κ2) is 11.9. The van der Waals surface area contributed by atoms with Crippen LogP contribution in [-0.4, -0.2) is 39.3 Å². The summed E-state index contributed by atoms with van der Waals surface area (Å²) in [5.74, 6) is 0.548. The standard InChI is InChI=1S/C14H22FN3O.HI/c1-3-19-11-10-18-14(16-2)17-9-8-12-4-6-13(15)7-5-12;/h4-7H,3,8-11H2,1-2H3,(H2,16,17,18);1H. The van der Waals surface area contributed by atoms with Crippen LogP contribution in [0.15, 0.2) is 29.3 Å². The predicted molar refractivity (Wildman–Crippen MR) is 91.4 cm³/mol. The fraction of sp³-hybridized carbons (Fsp3) is 0.500. The summed E-state index contributed by atoms with van der Waals surface area (Å²) in [5.41, 5.74) is 1.10. The average molecular weight is 395 g/mol. The van der Waals surface area contributed by atoms with Crippen molar-refractivity contribution in [2.45, 2.75) is 13.3 Å². The quantitative estimate of drug-likeness (QED) is 0.322. The normalized spacial score (nSPS) is 10.8. The van der Waals surface area contributed by atoms with Crippen molar-refractivity contribution in [2.24, 2.45) is 4.99 Å². The van der Waals surface area contributed by atoms with Gasteiger partial charge < -0.3 is 15.4 Å². The fourth-order valence-electron chi connectivity index (χ4n) is 1.58. The molecule has 0 atom stereocenters. The molecule has 0 saturated carbocycles. The molecular weight excluding hydrogens is 372 g/mol. The number of halogens is 2. The third-order valence-electron chi connectivity index (χ3n) is 2.59. The lowest BCUT2D eigenvalue weighted by Crippen LogP contribution is -2.39. The van der Waals surface area contributed by atoms with Gasteiger partial charge in [0.1, 0.15) is 5.82 Å². The number of nitrogens with zero attached hydrogens (tertiary/aromatic N) is 1. The van der Waals surface area contributed by atoms with Crippen molar-refractivity contribution in [3.63, 3.8) is 0 Å². The molecule has 0 saturated heterocycles. The van der Waals surface area contributed by atoms with E-state index in [0.29, 0.717) is 6.61 Å². The first-order valence-electron chi connectivity index (χ1n) is 6.53. The Morgan fingerprint density at radius 2 is 1.85 bits per heavy atom. The van der Waals surface area contributed by atoms with Crippen LogP contribution in [0, 0.1) is 5.82 Å². The number of ether oxygens (including phenoxy) is 1. The molecule has 0 aliphatic carbocycles. The first-order valence-corrected chi connectivity index (χ1v) is 6.53. The van der Waals surface area contributed by atoms with Crippen molar-refractivity contribution in [1.82, 2.24) is 10.6 Å². The average Bonchev–Trinajstić information content (AvgIpc) is 2.43. The highest BCUT2D eigenvalue weighted by Crippen LogP contribution is 2.02. The summed E-state index contributed by atoms with van der Waals surface area (Å²) in [6, 6.07) is 6.54. The maximum atomic E-state index is 12.7. The molecule has 0 aliphatic heterocycles. The summed E-state index contributed by atoms with van der Waals surface area (Å²) in [4.78, 5) is 4.11. The van der Waals surface area contributed by atoms with Crippen LogP contribution in [-0.2, 0) is 11.2 Å². The van der Waals surface area contributed by atoms with Gasteiger partial charge in [-0.2, -0.15) is 0 Å². The molecule has 0 aromatic heterocycles. The zero-order valence-corrected chi connectivity index (χ0v) is 14.3. The number of nitrogens with one attached hydrogen (secondary N) is 2. The van der Waals surface area contributed by atoms with Gasteiger partial charge in [-0.15, -0.1) is 24.0 Å². The monoisotopic (exact) mass is 395 g/mol. The minimum absolute atomic E-state index is 0. The Hall–Kier alpha value is -0.890. The number of benzene rings is 1. The van der Waals surface area contributed by atoms with E-state index in [2.05, 4.69) is 15.6 Å². The summed E-state index contributed by atoms with van der Waals surface area (Å²) in [6.07, 6.45) is 0.826. The van der Waals surface area contributed by atoms with Gasteiger partial charge >= 0.3 is 0 Å². The van der Waals surface area contributed by atoms with Gasteiger partial charge in [-0.3, -0.25) is 4.99 Å². The molecule has 6 heteroatoms. The molecule has 4 nitrogen and oxygen atoms in total. The van der Waals surface area contributed by atoms with Crippen molar-refractivity contribution < 1.29 is 9.13 Å². The molecule has 0 fully saturated rings. The zero-order valence-electron chi connectivity index (χ0n) is 12.0. The molecule has 114 valence electrons. The van der Waals surface area contributed by atoms with Gasteiger partial charge in [-0.05, 0) is 31.0 Å². The number of hydrogen-bond donors (Lipinski definition) is 2. The summed E-state index contributed by atoms with van der Waals surface area (Å²) >= 11 is 0. The third-order valence-corrected chi connectivity index (χ3v) is 2.59. The second-order valence-electron chi connectivity index (χ2n) is 4.00. The molecule has 1 aromatic carbocycles. The van der Waals surface area contributed by atoms with Gasteiger partial charge in [-0.25, -0.2) is 4.39 Å². The highest BCUT2D eigenvalue weighted by Gasteiger charge is 1.98. The van der Waals surface area contributed by atoms with Crippen molar-refractivity contribution >= 4 is 29.9 Å². The Morgan fingerprint density at radius 3 is 2.45 bits per heavy atom. The smallest absolute Gasteiger partial charge is 0.191 e. The van der Waals surface area contributed by atoms with Gasteiger partial charge in [0.2, 0.25) is 0 Å². The van der Waals surface area contributed by atoms with E-state index in [0.717, 1.165) is 37.6 Å². The molecular formula is C14H23FIN3O. The van der Waals surface area contributed by atoms with Crippen molar-refractivity contribution in [1.29, 1.82) is 0 Å². The Balaban J connectivity index is 0.00000361. The molecule has 0 radical (unpaired) electrons. The lowest BCUT2D eigenvalue weighted by atomic mass is 10.1. The van der Waals surface area contributed by atoms with Gasteiger partial charge in [0.15, 0.2) is 5.96 Å². The molecule has 0 spiro atoms. The minimum Gasteiger partial charge on any atom is -0.380 e. The summed E-state index contributed by atoms with van der Waals surface area (Å²) < 4.78 is 18.0. The van der Waals surface area contributed by atoms with Crippen molar-refractivity contribution in [3.8, 4) is 0 Å². The largest absolute Gasteiger partial charge is 0.380 e. The van der Waals surface area contributed by atoms with Crippen LogP contribution < -0.4 is 10.6 Å². The lowest BCUT2D eigenvalue weighted by molar-refractivity contribution is 0.152. The van der Waals surface area contributed by atoms with E-state index in [1.54, 1.807) is 19.2 Å². The van der Waals surface area contributed by atoms with Gasteiger partial charge in [0.05, 0.1) is 6.61 Å². The number of rotatable bonds is 7. The lowest BCUT2D eigenvalue weighted by Gasteiger charge is -2.11. The number of guanidine groups is 1. The van der Waals surface area contributed by atoms with E-state index in [9.17, 15) is 4.39 Å². The van der Waals surface area contributed by atoms with Crippen LogP contribution in [0.4, 0.5) is 4.39 Å². The van der Waals surface area contributed by atoms with Gasteiger partial charge in [0.25, 0.3) is 0 Å². The van der Waals surface area contributed by atoms with Gasteiger partial charge in [0, 0.05) is 26.7 Å². The van der Waals surface area contributed by atoms with Crippen molar-refractivity contribution in [2.75, 3.05) is 33.4 Å². The van der Waals surface area contributed by atoms with Crippen molar-refractivity contribution in [3.05, 3.63) is 35.6 Å². The Kier molecular flexibility index (Phi) is 11.4. The van der Waals surface area contributed by atoms with Crippen LogP contribution >= 0.6 is 24.0 Å². The fourth-order valence-corrected chi connectivity index (χ4v) is 1.58. The van der Waals surface area contributed by atoms with Crippen LogP contribution in [0.25, 0.3) is 0 Å². The number of aliphatic imine (C=N–C) groups is 1. The van der Waals surface area contributed by atoms with Crippen LogP contribution in [0.3, 0.4) is 0 Å². The first-order chi connectivity index (χ1) is 9.26. The topological polar surface area (TPSA) is 45.6 Å². The van der Waals surface area contributed by atoms with E-state index in [1.165, 1.54) is 12.1 Å². The molecule has 0 aliphatic rings. The van der Waals surface area contributed by atoms with E-state index in [4.69, 9.17) is 4.74 Å². The van der Waals surface area contributed by atoms with E-state index >= 15 is 0 Å². The van der Waals surface area contributed by atoms with E-state index in [1.807, 2.05) is 6.92 Å². The molecule has 20 heavy (non-hydrogen) atoms. The maximum absolute atomic E-state index is 12.7. The van der Waals surface area contributed by atoms with Gasteiger partial charge in [-0.1, -0.05) is 12.1 Å².